The van der Waals surface area contributed by atoms with Crippen molar-refractivity contribution in [3.63, 3.8) is 0 Å². The number of hydrogen-bond donors (Lipinski definition) is 1. The maximum Gasteiger partial charge on any atom is 0.316 e. The lowest BCUT2D eigenvalue weighted by molar-refractivity contribution is -0.143. The number of carbonyl (C=O) groups excluding carboxylic acids is 2. The molecule has 4 nitrogen and oxygen atoms in total. The van der Waals surface area contributed by atoms with E-state index in [-0.39, 0.29) is 34.7 Å². The van der Waals surface area contributed by atoms with E-state index in [0.29, 0.717) is 0 Å². The molecule has 0 aliphatic rings. The number of ketones is 1. The molecule has 19 heavy (non-hydrogen) atoms. The summed E-state index contributed by atoms with van der Waals surface area (Å²) < 4.78 is 5.20. The molecule has 0 radical (unpaired) electrons. The molecule has 4 heteroatoms. The fourth-order valence-corrected chi connectivity index (χ4v) is 1.35. The van der Waals surface area contributed by atoms with E-state index in [1.807, 2.05) is 0 Å². The van der Waals surface area contributed by atoms with Gasteiger partial charge >= 0.3 is 5.97 Å². The molecular weight excluding hydrogens is 244 g/mol. The second-order valence-corrected chi connectivity index (χ2v) is 5.84. The number of Topliss-reactive ketones (excluding diaryl/α,β-unsaturated/α-hetero) is 1. The third-order valence-electron chi connectivity index (χ3n) is 2.58. The molecule has 1 aromatic carbocycles. The Morgan fingerprint density at radius 1 is 1.21 bits per heavy atom. The lowest BCUT2D eigenvalue weighted by Crippen LogP contribution is -2.25. The molecule has 0 unspecified atom stereocenters. The number of phenols is 1. The third-order valence-corrected chi connectivity index (χ3v) is 2.58. The van der Waals surface area contributed by atoms with Crippen LogP contribution >= 0.6 is 0 Å². The van der Waals surface area contributed by atoms with Crippen LogP contribution in [0.15, 0.2) is 18.2 Å². The first-order chi connectivity index (χ1) is 8.62. The molecule has 0 spiro atoms. The predicted octanol–water partition coefficient (Wildman–Crippen LogP) is 3.18. The number of hydrogen-bond acceptors (Lipinski definition) is 4. The summed E-state index contributed by atoms with van der Waals surface area (Å²) >= 11 is 0. The van der Waals surface area contributed by atoms with E-state index < -0.39 is 5.41 Å². The Kier molecular flexibility index (Phi) is 4.35. The van der Waals surface area contributed by atoms with Crippen LogP contribution in [-0.2, 0) is 4.79 Å². The van der Waals surface area contributed by atoms with Crippen molar-refractivity contribution in [2.24, 2.45) is 11.3 Å². The molecule has 0 saturated carbocycles. The Morgan fingerprint density at radius 2 is 1.79 bits per heavy atom. The zero-order valence-corrected chi connectivity index (χ0v) is 12.0. The fraction of sp³-hybridized carbons (Fsp3) is 0.467. The van der Waals surface area contributed by atoms with Gasteiger partial charge in [0.05, 0.1) is 11.0 Å². The summed E-state index contributed by atoms with van der Waals surface area (Å²) in [6, 6.07) is 4.23. The summed E-state index contributed by atoms with van der Waals surface area (Å²) in [4.78, 5) is 23.7. The predicted molar refractivity (Wildman–Crippen MR) is 72.4 cm³/mol. The van der Waals surface area contributed by atoms with Gasteiger partial charge in [0, 0.05) is 5.92 Å². The van der Waals surface area contributed by atoms with Gasteiger partial charge in [-0.1, -0.05) is 13.8 Å². The first-order valence-corrected chi connectivity index (χ1v) is 6.22. The Bertz CT molecular complexity index is 495. The second-order valence-electron chi connectivity index (χ2n) is 5.84. The molecule has 1 rings (SSSR count). The van der Waals surface area contributed by atoms with Gasteiger partial charge in [-0.25, -0.2) is 0 Å². The average Bonchev–Trinajstić information content (AvgIpc) is 2.29. The highest BCUT2D eigenvalue weighted by Gasteiger charge is 2.24. The van der Waals surface area contributed by atoms with Crippen LogP contribution in [0.2, 0.25) is 0 Å². The van der Waals surface area contributed by atoms with Gasteiger partial charge < -0.3 is 9.84 Å². The molecule has 0 bridgehead atoms. The van der Waals surface area contributed by atoms with Crippen LogP contribution in [0, 0.1) is 11.3 Å². The first kappa shape index (κ1) is 15.2. The van der Waals surface area contributed by atoms with Crippen molar-refractivity contribution >= 4 is 11.8 Å². The van der Waals surface area contributed by atoms with E-state index >= 15 is 0 Å². The minimum Gasteiger partial charge on any atom is -0.507 e. The van der Waals surface area contributed by atoms with E-state index in [4.69, 9.17) is 4.74 Å². The largest absolute Gasteiger partial charge is 0.507 e. The Labute approximate surface area is 113 Å². The van der Waals surface area contributed by atoms with Crippen LogP contribution in [0.3, 0.4) is 0 Å². The quantitative estimate of drug-likeness (QED) is 0.517. The van der Waals surface area contributed by atoms with Gasteiger partial charge in [0.1, 0.15) is 11.5 Å². The monoisotopic (exact) mass is 264 g/mol. The van der Waals surface area contributed by atoms with E-state index in [1.54, 1.807) is 34.6 Å². The van der Waals surface area contributed by atoms with Gasteiger partial charge in [-0.05, 0) is 39.0 Å². The van der Waals surface area contributed by atoms with E-state index in [1.165, 1.54) is 18.2 Å². The van der Waals surface area contributed by atoms with Gasteiger partial charge in [0.2, 0.25) is 0 Å². The van der Waals surface area contributed by atoms with Crippen molar-refractivity contribution in [2.75, 3.05) is 0 Å². The van der Waals surface area contributed by atoms with Crippen LogP contribution in [0.1, 0.15) is 45.0 Å². The number of esters is 1. The molecule has 0 aliphatic heterocycles. The van der Waals surface area contributed by atoms with Crippen molar-refractivity contribution < 1.29 is 19.4 Å². The van der Waals surface area contributed by atoms with Gasteiger partial charge in [-0.3, -0.25) is 9.59 Å². The van der Waals surface area contributed by atoms with Crippen LogP contribution in [-0.4, -0.2) is 16.9 Å². The van der Waals surface area contributed by atoms with Crippen molar-refractivity contribution in [3.8, 4) is 11.5 Å². The number of phenolic OH excluding ortho intramolecular Hbond substituents is 1. The minimum atomic E-state index is -0.625. The Balaban J connectivity index is 3.04. The molecule has 0 aliphatic carbocycles. The minimum absolute atomic E-state index is 0.103. The molecular formula is C15H20O4. The van der Waals surface area contributed by atoms with Gasteiger partial charge in [0.25, 0.3) is 0 Å². The number of carbonyl (C=O) groups is 2. The lowest BCUT2D eigenvalue weighted by atomic mass is 9.97. The zero-order chi connectivity index (χ0) is 14.8. The Morgan fingerprint density at radius 3 is 2.26 bits per heavy atom. The molecule has 0 fully saturated rings. The zero-order valence-electron chi connectivity index (χ0n) is 12.0. The summed E-state index contributed by atoms with van der Waals surface area (Å²) in [6.07, 6.45) is 0. The lowest BCUT2D eigenvalue weighted by Gasteiger charge is -2.17. The summed E-state index contributed by atoms with van der Waals surface area (Å²) in [5.41, 5.74) is -0.450. The topological polar surface area (TPSA) is 63.6 Å². The fourth-order valence-electron chi connectivity index (χ4n) is 1.35. The van der Waals surface area contributed by atoms with Crippen LogP contribution in [0.5, 0.6) is 11.5 Å². The smallest absolute Gasteiger partial charge is 0.316 e. The number of benzene rings is 1. The summed E-state index contributed by atoms with van der Waals surface area (Å²) in [5, 5.41) is 9.69. The SMILES string of the molecule is CC(C)C(=O)c1cc(OC(=O)C(C)(C)C)ccc1O. The van der Waals surface area contributed by atoms with E-state index in [9.17, 15) is 14.7 Å². The molecule has 104 valence electrons. The highest BCUT2D eigenvalue weighted by Crippen LogP contribution is 2.27. The maximum absolute atomic E-state index is 11.9. The molecule has 0 heterocycles. The van der Waals surface area contributed by atoms with E-state index in [2.05, 4.69) is 0 Å². The molecule has 0 amide bonds. The van der Waals surface area contributed by atoms with Gasteiger partial charge in [-0.2, -0.15) is 0 Å². The van der Waals surface area contributed by atoms with Crippen LogP contribution < -0.4 is 4.74 Å². The summed E-state index contributed by atoms with van der Waals surface area (Å²) in [6.45, 7) is 8.73. The maximum atomic E-state index is 11.9. The normalized spacial score (nSPS) is 11.5. The van der Waals surface area contributed by atoms with Gasteiger partial charge in [-0.15, -0.1) is 0 Å². The molecule has 0 atom stereocenters. The number of ether oxygens (including phenoxy) is 1. The highest BCUT2D eigenvalue weighted by atomic mass is 16.5. The first-order valence-electron chi connectivity index (χ1n) is 6.22. The summed E-state index contributed by atoms with van der Waals surface area (Å²) in [7, 11) is 0. The molecule has 0 saturated heterocycles. The van der Waals surface area contributed by atoms with Crippen LogP contribution in [0.25, 0.3) is 0 Å². The van der Waals surface area contributed by atoms with E-state index in [0.717, 1.165) is 0 Å². The van der Waals surface area contributed by atoms with Crippen molar-refractivity contribution in [1.29, 1.82) is 0 Å². The number of rotatable bonds is 3. The van der Waals surface area contributed by atoms with Crippen molar-refractivity contribution in [1.82, 2.24) is 0 Å². The summed E-state index contributed by atoms with van der Waals surface area (Å²) in [5.74, 6) is -0.650. The molecule has 0 aromatic heterocycles. The number of aromatic hydroxyl groups is 1. The highest BCUT2D eigenvalue weighted by molar-refractivity contribution is 6.00. The third kappa shape index (κ3) is 3.81. The van der Waals surface area contributed by atoms with Gasteiger partial charge in [0.15, 0.2) is 5.78 Å². The average molecular weight is 264 g/mol. The van der Waals surface area contributed by atoms with Crippen molar-refractivity contribution in [3.05, 3.63) is 23.8 Å². The molecule has 1 N–H and O–H groups in total. The molecule has 1 aromatic rings. The second kappa shape index (κ2) is 5.43. The van der Waals surface area contributed by atoms with Crippen molar-refractivity contribution in [2.45, 2.75) is 34.6 Å². The Hall–Kier alpha value is -1.84. The van der Waals surface area contributed by atoms with Crippen LogP contribution in [0.4, 0.5) is 0 Å². The standard InChI is InChI=1S/C15H20O4/c1-9(2)13(17)11-8-10(6-7-12(11)16)19-14(18)15(3,4)5/h6-9,16H,1-5H3.